The molecule has 1 amide bonds. The summed E-state index contributed by atoms with van der Waals surface area (Å²) in [4.78, 5) is 27.2. The van der Waals surface area contributed by atoms with Gasteiger partial charge < -0.3 is 0 Å². The first-order valence-electron chi connectivity index (χ1n) is 3.36. The quantitative estimate of drug-likeness (QED) is 0.568. The van der Waals surface area contributed by atoms with Crippen molar-refractivity contribution in [1.29, 1.82) is 0 Å². The molecule has 1 aromatic rings. The Kier molecular flexibility index (Phi) is 1.61. The third-order valence-electron chi connectivity index (χ3n) is 1.56. The van der Waals surface area contributed by atoms with E-state index in [0.717, 1.165) is 11.5 Å². The Morgan fingerprint density at radius 1 is 1.50 bits per heavy atom. The van der Waals surface area contributed by atoms with E-state index < -0.39 is 0 Å². The first kappa shape index (κ1) is 7.35. The average molecular weight is 183 g/mol. The molecule has 1 aliphatic rings. The number of nitrogens with zero attached hydrogens (tertiary/aromatic N) is 3. The number of aromatic nitrogens is 2. The average Bonchev–Trinajstić information content (AvgIpc) is 2.58. The molecule has 1 saturated heterocycles. The number of carbonyl (C=O) groups is 2. The molecule has 2 rings (SSSR count). The number of carbonyl (C=O) groups excluding carboxylic acids is 2. The molecule has 0 bridgehead atoms. The summed E-state index contributed by atoms with van der Waals surface area (Å²) in [7, 11) is 0. The van der Waals surface area contributed by atoms with E-state index in [-0.39, 0.29) is 24.7 Å². The van der Waals surface area contributed by atoms with E-state index in [4.69, 9.17) is 0 Å². The van der Waals surface area contributed by atoms with Gasteiger partial charge >= 0.3 is 0 Å². The van der Waals surface area contributed by atoms with Gasteiger partial charge in [-0.25, -0.2) is 4.98 Å². The fourth-order valence-electron chi connectivity index (χ4n) is 1.05. The molecule has 2 heterocycles. The summed E-state index contributed by atoms with van der Waals surface area (Å²) in [5.41, 5.74) is 0. The van der Waals surface area contributed by atoms with Crippen LogP contribution in [0.5, 0.6) is 0 Å². The highest BCUT2D eigenvalue weighted by Crippen LogP contribution is 2.19. The molecule has 5 nitrogen and oxygen atoms in total. The molecule has 0 unspecified atom stereocenters. The number of Topliss-reactive ketones (excluding diaryl/α,β-unsaturated/α-hetero) is 1. The smallest absolute Gasteiger partial charge is 0.236 e. The molecule has 0 spiro atoms. The van der Waals surface area contributed by atoms with Gasteiger partial charge in [0, 0.05) is 11.5 Å². The van der Waals surface area contributed by atoms with Crippen LogP contribution >= 0.6 is 11.5 Å². The fraction of sp³-hybridized carbons (Fsp3) is 0.333. The van der Waals surface area contributed by atoms with Gasteiger partial charge in [-0.1, -0.05) is 0 Å². The van der Waals surface area contributed by atoms with Gasteiger partial charge in [0.05, 0.1) is 13.0 Å². The fourth-order valence-corrected chi connectivity index (χ4v) is 1.59. The van der Waals surface area contributed by atoms with Crippen molar-refractivity contribution in [2.75, 3.05) is 11.4 Å². The Bertz CT molecular complexity index is 322. The van der Waals surface area contributed by atoms with Crippen LogP contribution in [0.3, 0.4) is 0 Å². The number of hydrogen-bond acceptors (Lipinski definition) is 5. The van der Waals surface area contributed by atoms with Crippen LogP contribution in [0.4, 0.5) is 5.13 Å². The lowest BCUT2D eigenvalue weighted by Gasteiger charge is -2.07. The predicted molar refractivity (Wildman–Crippen MR) is 41.9 cm³/mol. The number of hydrogen-bond donors (Lipinski definition) is 0. The van der Waals surface area contributed by atoms with Crippen molar-refractivity contribution < 1.29 is 9.59 Å². The molecular formula is C6H5N3O2S. The van der Waals surface area contributed by atoms with E-state index in [1.807, 2.05) is 0 Å². The highest BCUT2D eigenvalue weighted by molar-refractivity contribution is 7.09. The van der Waals surface area contributed by atoms with E-state index in [2.05, 4.69) is 9.36 Å². The van der Waals surface area contributed by atoms with Crippen LogP contribution in [0.15, 0.2) is 6.33 Å². The van der Waals surface area contributed by atoms with Crippen LogP contribution in [-0.2, 0) is 9.59 Å². The van der Waals surface area contributed by atoms with Gasteiger partial charge in [-0.15, -0.1) is 0 Å². The summed E-state index contributed by atoms with van der Waals surface area (Å²) in [6, 6.07) is 0. The van der Waals surface area contributed by atoms with Crippen LogP contribution in [-0.4, -0.2) is 27.6 Å². The zero-order chi connectivity index (χ0) is 8.55. The van der Waals surface area contributed by atoms with Crippen LogP contribution in [0, 0.1) is 0 Å². The van der Waals surface area contributed by atoms with Gasteiger partial charge in [0.2, 0.25) is 11.0 Å². The summed E-state index contributed by atoms with van der Waals surface area (Å²) in [5.74, 6) is -0.244. The maximum Gasteiger partial charge on any atom is 0.236 e. The standard InChI is InChI=1S/C6H5N3O2S/c10-4-1-5(11)9(2-4)6-7-3-8-12-6/h3H,1-2H2. The number of ketones is 1. The molecule has 1 aromatic heterocycles. The van der Waals surface area contributed by atoms with Gasteiger partial charge in [0.15, 0.2) is 5.78 Å². The number of amides is 1. The normalized spacial score (nSPS) is 17.5. The molecule has 0 radical (unpaired) electrons. The summed E-state index contributed by atoms with van der Waals surface area (Å²) in [6.07, 6.45) is 1.37. The van der Waals surface area contributed by atoms with Gasteiger partial charge in [0.1, 0.15) is 6.33 Å². The Morgan fingerprint density at radius 2 is 2.33 bits per heavy atom. The Hall–Kier alpha value is -1.30. The van der Waals surface area contributed by atoms with E-state index in [1.54, 1.807) is 0 Å². The second-order valence-electron chi connectivity index (χ2n) is 2.42. The van der Waals surface area contributed by atoms with Crippen LogP contribution in [0.1, 0.15) is 6.42 Å². The minimum Gasteiger partial charge on any atom is -0.297 e. The van der Waals surface area contributed by atoms with Gasteiger partial charge in [0.25, 0.3) is 0 Å². The van der Waals surface area contributed by atoms with Crippen LogP contribution in [0.2, 0.25) is 0 Å². The van der Waals surface area contributed by atoms with Gasteiger partial charge in [-0.2, -0.15) is 4.37 Å². The third-order valence-corrected chi connectivity index (χ3v) is 2.25. The van der Waals surface area contributed by atoms with Crippen molar-refractivity contribution in [2.45, 2.75) is 6.42 Å². The maximum atomic E-state index is 11.1. The van der Waals surface area contributed by atoms with Crippen molar-refractivity contribution in [3.8, 4) is 0 Å². The van der Waals surface area contributed by atoms with E-state index in [0.29, 0.717) is 5.13 Å². The van der Waals surface area contributed by atoms with E-state index in [1.165, 1.54) is 11.2 Å². The molecule has 12 heavy (non-hydrogen) atoms. The topological polar surface area (TPSA) is 63.2 Å². The van der Waals surface area contributed by atoms with Crippen molar-refractivity contribution in [3.63, 3.8) is 0 Å². The molecule has 0 aromatic carbocycles. The molecular weight excluding hydrogens is 178 g/mol. The molecule has 0 saturated carbocycles. The molecule has 1 aliphatic heterocycles. The van der Waals surface area contributed by atoms with Gasteiger partial charge in [-0.05, 0) is 0 Å². The summed E-state index contributed by atoms with van der Waals surface area (Å²) >= 11 is 1.12. The number of rotatable bonds is 1. The molecule has 0 atom stereocenters. The lowest BCUT2D eigenvalue weighted by Crippen LogP contribution is -2.24. The van der Waals surface area contributed by atoms with Crippen LogP contribution < -0.4 is 4.90 Å². The summed E-state index contributed by atoms with van der Waals surface area (Å²) in [6.45, 7) is 0.147. The SMILES string of the molecule is O=C1CC(=O)N(c2ncns2)C1. The minimum atomic E-state index is -0.184. The second-order valence-corrected chi connectivity index (χ2v) is 3.18. The van der Waals surface area contributed by atoms with E-state index in [9.17, 15) is 9.59 Å². The summed E-state index contributed by atoms with van der Waals surface area (Å²) in [5, 5.41) is 0.505. The Labute approximate surface area is 72.2 Å². The first-order valence-corrected chi connectivity index (χ1v) is 4.13. The zero-order valence-corrected chi connectivity index (χ0v) is 6.87. The van der Waals surface area contributed by atoms with E-state index >= 15 is 0 Å². The highest BCUT2D eigenvalue weighted by Gasteiger charge is 2.30. The molecule has 6 heteroatoms. The number of anilines is 1. The molecule has 1 fully saturated rings. The monoisotopic (exact) mass is 183 g/mol. The molecule has 0 N–H and O–H groups in total. The molecule has 62 valence electrons. The van der Waals surface area contributed by atoms with Crippen molar-refractivity contribution in [1.82, 2.24) is 9.36 Å². The Balaban J connectivity index is 2.26. The second kappa shape index (κ2) is 2.63. The van der Waals surface area contributed by atoms with Gasteiger partial charge in [-0.3, -0.25) is 14.5 Å². The van der Waals surface area contributed by atoms with Crippen molar-refractivity contribution >= 4 is 28.4 Å². The largest absolute Gasteiger partial charge is 0.297 e. The van der Waals surface area contributed by atoms with Crippen molar-refractivity contribution in [3.05, 3.63) is 6.33 Å². The predicted octanol–water partition coefficient (Wildman–Crippen LogP) is -0.156. The zero-order valence-electron chi connectivity index (χ0n) is 6.06. The molecule has 0 aliphatic carbocycles. The Morgan fingerprint density at radius 3 is 2.83 bits per heavy atom. The van der Waals surface area contributed by atoms with Crippen molar-refractivity contribution in [2.24, 2.45) is 0 Å². The summed E-state index contributed by atoms with van der Waals surface area (Å²) < 4.78 is 3.75. The maximum absolute atomic E-state index is 11.1. The highest BCUT2D eigenvalue weighted by atomic mass is 32.1. The minimum absolute atomic E-state index is 0.000417. The first-order chi connectivity index (χ1) is 5.77. The van der Waals surface area contributed by atoms with Crippen LogP contribution in [0.25, 0.3) is 0 Å². The lowest BCUT2D eigenvalue weighted by molar-refractivity contribution is -0.121. The third kappa shape index (κ3) is 1.10. The lowest BCUT2D eigenvalue weighted by atomic mass is 10.3.